The number of amides is 1. The second-order valence-corrected chi connectivity index (χ2v) is 3.66. The van der Waals surface area contributed by atoms with Gasteiger partial charge in [-0.3, -0.25) is 4.79 Å². The van der Waals surface area contributed by atoms with Crippen LogP contribution in [0.2, 0.25) is 0 Å². The van der Waals surface area contributed by atoms with Crippen LogP contribution in [0.3, 0.4) is 0 Å². The molecule has 1 rings (SSSR count). The van der Waals surface area contributed by atoms with Crippen molar-refractivity contribution in [3.05, 3.63) is 35.4 Å². The van der Waals surface area contributed by atoms with Crippen molar-refractivity contribution >= 4 is 5.91 Å². The zero-order chi connectivity index (χ0) is 12.8. The number of benzene rings is 1. The zero-order valence-corrected chi connectivity index (χ0v) is 9.49. The predicted octanol–water partition coefficient (Wildman–Crippen LogP) is 1.60. The Bertz CT molecular complexity index is 365. The molecule has 0 aliphatic carbocycles. The fourth-order valence-electron chi connectivity index (χ4n) is 1.28. The molecule has 0 saturated carbocycles. The Labute approximate surface area is 98.5 Å². The molecule has 1 aromatic rings. The topological polar surface area (TPSA) is 49.3 Å². The van der Waals surface area contributed by atoms with Crippen molar-refractivity contribution in [2.75, 3.05) is 6.54 Å². The summed E-state index contributed by atoms with van der Waals surface area (Å²) in [7, 11) is 0. The zero-order valence-electron chi connectivity index (χ0n) is 9.49. The molecule has 1 amide bonds. The molecule has 3 nitrogen and oxygen atoms in total. The lowest BCUT2D eigenvalue weighted by Crippen LogP contribution is -2.35. The first kappa shape index (κ1) is 13.6. The Morgan fingerprint density at radius 1 is 1.35 bits per heavy atom. The van der Waals surface area contributed by atoms with E-state index in [-0.39, 0.29) is 0 Å². The van der Waals surface area contributed by atoms with Gasteiger partial charge in [0.2, 0.25) is 0 Å². The Hall–Kier alpha value is -1.49. The van der Waals surface area contributed by atoms with Crippen molar-refractivity contribution in [2.24, 2.45) is 0 Å². The smallest absolute Gasteiger partial charge is 0.265 e. The fourth-order valence-corrected chi connectivity index (χ4v) is 1.28. The van der Waals surface area contributed by atoms with Crippen LogP contribution in [0.5, 0.6) is 0 Å². The van der Waals surface area contributed by atoms with Gasteiger partial charge in [-0.15, -0.1) is 0 Å². The first-order valence-electron chi connectivity index (χ1n) is 5.38. The molecule has 2 N–H and O–H groups in total. The van der Waals surface area contributed by atoms with Crippen LogP contribution >= 0.6 is 0 Å². The van der Waals surface area contributed by atoms with E-state index in [1.54, 1.807) is 24.3 Å². The molecule has 1 atom stereocenters. The van der Waals surface area contributed by atoms with E-state index >= 15 is 0 Å². The maximum Gasteiger partial charge on any atom is 0.265 e. The van der Waals surface area contributed by atoms with Gasteiger partial charge in [-0.1, -0.05) is 19.1 Å². The highest BCUT2D eigenvalue weighted by molar-refractivity contribution is 5.94. The second-order valence-electron chi connectivity index (χ2n) is 3.66. The molecular formula is C12H15F2NO2. The first-order chi connectivity index (χ1) is 8.04. The highest BCUT2D eigenvalue weighted by atomic mass is 19.3. The van der Waals surface area contributed by atoms with E-state index in [1.165, 1.54) is 0 Å². The SMILES string of the molecule is CCc1ccc(C(=O)NCC(O)C(F)F)cc1. The van der Waals surface area contributed by atoms with Crippen LogP contribution in [-0.2, 0) is 6.42 Å². The molecule has 0 aromatic heterocycles. The molecule has 0 aliphatic heterocycles. The van der Waals surface area contributed by atoms with Crippen LogP contribution in [0, 0.1) is 0 Å². The number of rotatable bonds is 5. The van der Waals surface area contributed by atoms with Crippen LogP contribution in [0.25, 0.3) is 0 Å². The third kappa shape index (κ3) is 4.11. The summed E-state index contributed by atoms with van der Waals surface area (Å²) >= 11 is 0. The maximum atomic E-state index is 12.0. The molecule has 0 aliphatic rings. The molecule has 0 fully saturated rings. The van der Waals surface area contributed by atoms with Crippen molar-refractivity contribution in [3.63, 3.8) is 0 Å². The number of carbonyl (C=O) groups is 1. The van der Waals surface area contributed by atoms with Gasteiger partial charge < -0.3 is 10.4 Å². The predicted molar refractivity (Wildman–Crippen MR) is 60.2 cm³/mol. The van der Waals surface area contributed by atoms with Gasteiger partial charge in [0.15, 0.2) is 0 Å². The Morgan fingerprint density at radius 3 is 2.41 bits per heavy atom. The van der Waals surface area contributed by atoms with Gasteiger partial charge in [0.1, 0.15) is 6.10 Å². The van der Waals surface area contributed by atoms with Gasteiger partial charge in [-0.25, -0.2) is 8.78 Å². The number of alkyl halides is 2. The van der Waals surface area contributed by atoms with Gasteiger partial charge >= 0.3 is 0 Å². The lowest BCUT2D eigenvalue weighted by molar-refractivity contribution is -0.00270. The highest BCUT2D eigenvalue weighted by Gasteiger charge is 2.17. The molecular weight excluding hydrogens is 228 g/mol. The number of carbonyl (C=O) groups excluding carboxylic acids is 1. The number of hydrogen-bond acceptors (Lipinski definition) is 2. The summed E-state index contributed by atoms with van der Waals surface area (Å²) in [5.41, 5.74) is 1.48. The number of halogens is 2. The van der Waals surface area contributed by atoms with Gasteiger partial charge in [-0.2, -0.15) is 0 Å². The maximum absolute atomic E-state index is 12.0. The minimum atomic E-state index is -2.85. The standard InChI is InChI=1S/C12H15F2NO2/c1-2-8-3-5-9(6-4-8)12(17)15-7-10(16)11(13)14/h3-6,10-11,16H,2,7H2,1H3,(H,15,17). The van der Waals surface area contributed by atoms with E-state index in [4.69, 9.17) is 5.11 Å². The Balaban J connectivity index is 2.52. The average Bonchev–Trinajstić information content (AvgIpc) is 2.35. The van der Waals surface area contributed by atoms with Crippen molar-refractivity contribution < 1.29 is 18.7 Å². The molecule has 0 spiro atoms. The van der Waals surface area contributed by atoms with Crippen molar-refractivity contribution in [1.29, 1.82) is 0 Å². The van der Waals surface area contributed by atoms with Gasteiger partial charge in [-0.05, 0) is 24.1 Å². The number of aliphatic hydroxyl groups is 1. The summed E-state index contributed by atoms with van der Waals surface area (Å²) in [6.45, 7) is 1.54. The second kappa shape index (κ2) is 6.30. The number of aliphatic hydroxyl groups excluding tert-OH is 1. The van der Waals surface area contributed by atoms with E-state index in [0.29, 0.717) is 5.56 Å². The highest BCUT2D eigenvalue weighted by Crippen LogP contribution is 2.05. The van der Waals surface area contributed by atoms with Crippen LogP contribution in [0.4, 0.5) is 8.78 Å². The number of aryl methyl sites for hydroxylation is 1. The third-order valence-electron chi connectivity index (χ3n) is 2.39. The summed E-state index contributed by atoms with van der Waals surface area (Å²) < 4.78 is 24.0. The average molecular weight is 243 g/mol. The van der Waals surface area contributed by atoms with Crippen LogP contribution in [0.1, 0.15) is 22.8 Å². The van der Waals surface area contributed by atoms with Crippen LogP contribution < -0.4 is 5.32 Å². The minimum Gasteiger partial charge on any atom is -0.385 e. The van der Waals surface area contributed by atoms with Gasteiger partial charge in [0.05, 0.1) is 0 Å². The normalized spacial score (nSPS) is 12.5. The molecule has 0 radical (unpaired) electrons. The quantitative estimate of drug-likeness (QED) is 0.825. The third-order valence-corrected chi connectivity index (χ3v) is 2.39. The molecule has 94 valence electrons. The molecule has 1 unspecified atom stereocenters. The fraction of sp³-hybridized carbons (Fsp3) is 0.417. The number of nitrogens with one attached hydrogen (secondary N) is 1. The summed E-state index contributed by atoms with van der Waals surface area (Å²) in [6.07, 6.45) is -3.81. The monoisotopic (exact) mass is 243 g/mol. The molecule has 1 aromatic carbocycles. The Morgan fingerprint density at radius 2 is 1.94 bits per heavy atom. The summed E-state index contributed by atoms with van der Waals surface area (Å²) in [6, 6.07) is 6.86. The first-order valence-corrected chi connectivity index (χ1v) is 5.38. The molecule has 17 heavy (non-hydrogen) atoms. The van der Waals surface area contributed by atoms with E-state index < -0.39 is 25.0 Å². The molecule has 0 saturated heterocycles. The van der Waals surface area contributed by atoms with E-state index in [2.05, 4.69) is 5.32 Å². The largest absolute Gasteiger partial charge is 0.385 e. The van der Waals surface area contributed by atoms with E-state index in [0.717, 1.165) is 12.0 Å². The summed E-state index contributed by atoms with van der Waals surface area (Å²) in [4.78, 5) is 11.5. The van der Waals surface area contributed by atoms with Gasteiger partial charge in [0.25, 0.3) is 12.3 Å². The van der Waals surface area contributed by atoms with Crippen molar-refractivity contribution in [1.82, 2.24) is 5.32 Å². The van der Waals surface area contributed by atoms with E-state index in [9.17, 15) is 13.6 Å². The van der Waals surface area contributed by atoms with E-state index in [1.807, 2.05) is 6.92 Å². The molecule has 0 heterocycles. The van der Waals surface area contributed by atoms with Crippen molar-refractivity contribution in [2.45, 2.75) is 25.9 Å². The van der Waals surface area contributed by atoms with Crippen molar-refractivity contribution in [3.8, 4) is 0 Å². The van der Waals surface area contributed by atoms with Gasteiger partial charge in [0, 0.05) is 12.1 Å². The molecule has 5 heteroatoms. The molecule has 0 bridgehead atoms. The number of hydrogen-bond donors (Lipinski definition) is 2. The summed E-state index contributed by atoms with van der Waals surface area (Å²) in [5.74, 6) is -0.465. The summed E-state index contributed by atoms with van der Waals surface area (Å²) in [5, 5.41) is 11.1. The van der Waals surface area contributed by atoms with Crippen LogP contribution in [0.15, 0.2) is 24.3 Å². The minimum absolute atomic E-state index is 0.392. The Kier molecular flexibility index (Phi) is 5.03. The lowest BCUT2D eigenvalue weighted by atomic mass is 10.1. The van der Waals surface area contributed by atoms with Crippen LogP contribution in [-0.4, -0.2) is 30.1 Å². The lowest BCUT2D eigenvalue weighted by Gasteiger charge is -2.10.